The number of anilines is 2. The summed E-state index contributed by atoms with van der Waals surface area (Å²) in [5, 5.41) is 9.54. The van der Waals surface area contributed by atoms with E-state index in [0.717, 1.165) is 50.7 Å². The lowest BCUT2D eigenvalue weighted by Crippen LogP contribution is -2.55. The number of hydrogen-bond donors (Lipinski definition) is 1. The molecule has 126 valence electrons. The molecule has 3 aliphatic heterocycles. The van der Waals surface area contributed by atoms with Crippen molar-refractivity contribution in [1.29, 1.82) is 0 Å². The standard InChI is InChI=1S/C17H27N5O/c23-12-15-5-3-7-22(15)17-10-16(18-13-19-17)21-9-8-20-6-2-1-4-14(20)11-21/h10,13-15,23H,1-9,11-12H2. The molecule has 0 amide bonds. The molecule has 1 aromatic rings. The lowest BCUT2D eigenvalue weighted by Gasteiger charge is -2.44. The van der Waals surface area contributed by atoms with Crippen molar-refractivity contribution in [2.45, 2.75) is 44.2 Å². The molecular weight excluding hydrogens is 290 g/mol. The molecule has 4 heterocycles. The van der Waals surface area contributed by atoms with Gasteiger partial charge in [0.15, 0.2) is 0 Å². The Morgan fingerprint density at radius 1 is 1.00 bits per heavy atom. The topological polar surface area (TPSA) is 55.7 Å². The number of fused-ring (bicyclic) bond motifs is 1. The van der Waals surface area contributed by atoms with Crippen LogP contribution in [0.4, 0.5) is 11.6 Å². The summed E-state index contributed by atoms with van der Waals surface area (Å²) in [6.07, 6.45) is 7.89. The van der Waals surface area contributed by atoms with Gasteiger partial charge in [0.2, 0.25) is 0 Å². The maximum absolute atomic E-state index is 9.54. The first-order valence-corrected chi connectivity index (χ1v) is 9.03. The summed E-state index contributed by atoms with van der Waals surface area (Å²) >= 11 is 0. The average Bonchev–Trinajstić information content (AvgIpc) is 3.10. The van der Waals surface area contributed by atoms with Crippen molar-refractivity contribution in [1.82, 2.24) is 14.9 Å². The third kappa shape index (κ3) is 3.02. The predicted octanol–water partition coefficient (Wildman–Crippen LogP) is 1.11. The molecular formula is C17H27N5O. The molecule has 6 nitrogen and oxygen atoms in total. The number of nitrogens with zero attached hydrogens (tertiary/aromatic N) is 5. The van der Waals surface area contributed by atoms with Crippen LogP contribution in [0.15, 0.2) is 12.4 Å². The van der Waals surface area contributed by atoms with E-state index in [1.165, 1.54) is 25.8 Å². The van der Waals surface area contributed by atoms with Gasteiger partial charge in [-0.25, -0.2) is 9.97 Å². The van der Waals surface area contributed by atoms with Crippen LogP contribution in [-0.4, -0.2) is 71.4 Å². The zero-order chi connectivity index (χ0) is 15.6. The highest BCUT2D eigenvalue weighted by atomic mass is 16.3. The van der Waals surface area contributed by atoms with Gasteiger partial charge in [-0.1, -0.05) is 6.42 Å². The first-order chi connectivity index (χ1) is 11.3. The van der Waals surface area contributed by atoms with Crippen LogP contribution in [0.3, 0.4) is 0 Å². The van der Waals surface area contributed by atoms with Crippen LogP contribution in [0, 0.1) is 0 Å². The van der Waals surface area contributed by atoms with E-state index in [2.05, 4.69) is 30.7 Å². The maximum Gasteiger partial charge on any atom is 0.134 e. The molecule has 3 aliphatic rings. The molecule has 2 unspecified atom stereocenters. The van der Waals surface area contributed by atoms with E-state index in [9.17, 15) is 5.11 Å². The van der Waals surface area contributed by atoms with Gasteiger partial charge in [-0.3, -0.25) is 4.90 Å². The molecule has 1 N–H and O–H groups in total. The van der Waals surface area contributed by atoms with Gasteiger partial charge in [-0.05, 0) is 32.2 Å². The second kappa shape index (κ2) is 6.61. The van der Waals surface area contributed by atoms with Gasteiger partial charge in [-0.2, -0.15) is 0 Å². The van der Waals surface area contributed by atoms with Gasteiger partial charge in [0.1, 0.15) is 18.0 Å². The summed E-state index contributed by atoms with van der Waals surface area (Å²) in [5.74, 6) is 2.02. The van der Waals surface area contributed by atoms with E-state index in [0.29, 0.717) is 6.04 Å². The molecule has 0 aromatic carbocycles. The minimum absolute atomic E-state index is 0.208. The quantitative estimate of drug-likeness (QED) is 0.901. The molecule has 0 bridgehead atoms. The first-order valence-electron chi connectivity index (χ1n) is 9.03. The molecule has 4 rings (SSSR count). The normalized spacial score (nSPS) is 28.9. The molecule has 6 heteroatoms. The number of aliphatic hydroxyl groups is 1. The SMILES string of the molecule is OCC1CCCN1c1cc(N2CCN3CCCCC3C2)ncn1. The minimum atomic E-state index is 0.208. The average molecular weight is 317 g/mol. The molecule has 0 spiro atoms. The summed E-state index contributed by atoms with van der Waals surface area (Å²) in [6.45, 7) is 5.74. The number of aliphatic hydroxyl groups excluding tert-OH is 1. The maximum atomic E-state index is 9.54. The molecule has 0 radical (unpaired) electrons. The van der Waals surface area contributed by atoms with Crippen molar-refractivity contribution in [3.63, 3.8) is 0 Å². The van der Waals surface area contributed by atoms with Crippen molar-refractivity contribution in [3.8, 4) is 0 Å². The number of piperazine rings is 1. The van der Waals surface area contributed by atoms with Gasteiger partial charge in [0.25, 0.3) is 0 Å². The van der Waals surface area contributed by atoms with Crippen LogP contribution >= 0.6 is 0 Å². The number of piperidine rings is 1. The molecule has 23 heavy (non-hydrogen) atoms. The lowest BCUT2D eigenvalue weighted by atomic mass is 9.99. The molecule has 3 fully saturated rings. The fraction of sp³-hybridized carbons (Fsp3) is 0.765. The van der Waals surface area contributed by atoms with Gasteiger partial charge >= 0.3 is 0 Å². The molecule has 2 atom stereocenters. The Hall–Kier alpha value is -1.40. The Morgan fingerprint density at radius 2 is 1.91 bits per heavy atom. The van der Waals surface area contributed by atoms with Crippen molar-refractivity contribution in [2.24, 2.45) is 0 Å². The zero-order valence-corrected chi connectivity index (χ0v) is 13.8. The van der Waals surface area contributed by atoms with Crippen LogP contribution in [0.5, 0.6) is 0 Å². The number of aromatic nitrogens is 2. The van der Waals surface area contributed by atoms with E-state index >= 15 is 0 Å². The van der Waals surface area contributed by atoms with Gasteiger partial charge in [0.05, 0.1) is 12.6 Å². The Morgan fingerprint density at radius 3 is 2.83 bits per heavy atom. The van der Waals surface area contributed by atoms with E-state index in [1.54, 1.807) is 6.33 Å². The van der Waals surface area contributed by atoms with E-state index < -0.39 is 0 Å². The second-order valence-electron chi connectivity index (χ2n) is 7.04. The smallest absolute Gasteiger partial charge is 0.134 e. The Labute approximate surface area is 138 Å². The van der Waals surface area contributed by atoms with Crippen LogP contribution < -0.4 is 9.80 Å². The fourth-order valence-electron chi connectivity index (χ4n) is 4.36. The van der Waals surface area contributed by atoms with Gasteiger partial charge in [0, 0.05) is 38.3 Å². The van der Waals surface area contributed by atoms with Crippen molar-refractivity contribution in [2.75, 3.05) is 49.1 Å². The van der Waals surface area contributed by atoms with Crippen molar-refractivity contribution < 1.29 is 5.11 Å². The van der Waals surface area contributed by atoms with E-state index in [-0.39, 0.29) is 12.6 Å². The predicted molar refractivity (Wildman–Crippen MR) is 90.9 cm³/mol. The molecule has 3 saturated heterocycles. The van der Waals surface area contributed by atoms with E-state index in [4.69, 9.17) is 0 Å². The van der Waals surface area contributed by atoms with Crippen LogP contribution in [0.25, 0.3) is 0 Å². The summed E-state index contributed by atoms with van der Waals surface area (Å²) in [6, 6.07) is 3.02. The molecule has 0 saturated carbocycles. The van der Waals surface area contributed by atoms with Crippen LogP contribution in [0.2, 0.25) is 0 Å². The minimum Gasteiger partial charge on any atom is -0.394 e. The Bertz CT molecular complexity index is 539. The highest BCUT2D eigenvalue weighted by molar-refractivity contribution is 5.51. The van der Waals surface area contributed by atoms with Gasteiger partial charge in [-0.15, -0.1) is 0 Å². The van der Waals surface area contributed by atoms with Crippen LogP contribution in [0.1, 0.15) is 32.1 Å². The van der Waals surface area contributed by atoms with Crippen molar-refractivity contribution >= 4 is 11.6 Å². The zero-order valence-electron chi connectivity index (χ0n) is 13.8. The second-order valence-corrected chi connectivity index (χ2v) is 7.04. The number of hydrogen-bond acceptors (Lipinski definition) is 6. The van der Waals surface area contributed by atoms with Gasteiger partial charge < -0.3 is 14.9 Å². The summed E-state index contributed by atoms with van der Waals surface area (Å²) < 4.78 is 0. The third-order valence-corrected chi connectivity index (χ3v) is 5.68. The third-order valence-electron chi connectivity index (χ3n) is 5.68. The highest BCUT2D eigenvalue weighted by Gasteiger charge is 2.30. The molecule has 1 aromatic heterocycles. The number of rotatable bonds is 3. The summed E-state index contributed by atoms with van der Waals surface area (Å²) in [4.78, 5) is 16.3. The van der Waals surface area contributed by atoms with E-state index in [1.807, 2.05) is 0 Å². The monoisotopic (exact) mass is 317 g/mol. The summed E-state index contributed by atoms with van der Waals surface area (Å²) in [5.41, 5.74) is 0. The summed E-state index contributed by atoms with van der Waals surface area (Å²) in [7, 11) is 0. The fourth-order valence-corrected chi connectivity index (χ4v) is 4.36. The lowest BCUT2D eigenvalue weighted by molar-refractivity contribution is 0.133. The largest absolute Gasteiger partial charge is 0.394 e. The Balaban J connectivity index is 1.50. The first kappa shape index (κ1) is 15.1. The Kier molecular flexibility index (Phi) is 4.35. The molecule has 0 aliphatic carbocycles. The van der Waals surface area contributed by atoms with Crippen LogP contribution in [-0.2, 0) is 0 Å². The highest BCUT2D eigenvalue weighted by Crippen LogP contribution is 2.28. The van der Waals surface area contributed by atoms with Crippen molar-refractivity contribution in [3.05, 3.63) is 12.4 Å².